The monoisotopic (exact) mass is 564 g/mol. The zero-order valence-corrected chi connectivity index (χ0v) is 23.0. The van der Waals surface area contributed by atoms with E-state index in [1.165, 1.54) is 6.21 Å². The SMILES string of the molecule is CS(=O)(=O)N(CC(=O)N/N=C\c1ccc(OCC(=O)N2CCCCC2)cc1)c1ccc(Oc2ccccc2)cc1. The van der Waals surface area contributed by atoms with E-state index in [0.717, 1.165) is 42.9 Å². The average Bonchev–Trinajstić information content (AvgIpc) is 2.96. The van der Waals surface area contributed by atoms with Gasteiger partial charge in [-0.15, -0.1) is 0 Å². The molecule has 4 rings (SSSR count). The number of carbonyl (C=O) groups is 2. The zero-order chi connectivity index (χ0) is 28.4. The van der Waals surface area contributed by atoms with E-state index in [4.69, 9.17) is 9.47 Å². The van der Waals surface area contributed by atoms with Crippen LogP contribution in [0.1, 0.15) is 24.8 Å². The summed E-state index contributed by atoms with van der Waals surface area (Å²) in [6.07, 6.45) is 5.67. The Bertz CT molecular complexity index is 1410. The minimum absolute atomic E-state index is 0.0108. The molecular formula is C29H32N4O6S. The standard InChI is InChI=1S/C29H32N4O6S/c1-40(36,37)33(24-12-16-27(17-13-24)39-26-8-4-2-5-9-26)21-28(34)31-30-20-23-10-14-25(15-11-23)38-22-29(35)32-18-6-3-7-19-32/h2,4-5,8-17,20H,3,6-7,18-19,21-22H2,1H3,(H,31,34)/b30-20-. The number of para-hydroxylation sites is 1. The quantitative estimate of drug-likeness (QED) is 0.280. The first-order valence-corrected chi connectivity index (χ1v) is 14.8. The number of ether oxygens (including phenoxy) is 2. The predicted molar refractivity (Wildman–Crippen MR) is 153 cm³/mol. The van der Waals surface area contributed by atoms with Crippen molar-refractivity contribution >= 4 is 33.7 Å². The fourth-order valence-corrected chi connectivity index (χ4v) is 4.94. The summed E-state index contributed by atoms with van der Waals surface area (Å²) < 4.78 is 37.1. The third-order valence-electron chi connectivity index (χ3n) is 6.15. The summed E-state index contributed by atoms with van der Waals surface area (Å²) in [5.74, 6) is 1.10. The number of likely N-dealkylation sites (tertiary alicyclic amines) is 1. The molecule has 40 heavy (non-hydrogen) atoms. The average molecular weight is 565 g/mol. The van der Waals surface area contributed by atoms with Gasteiger partial charge >= 0.3 is 0 Å². The molecule has 1 saturated heterocycles. The molecule has 0 bridgehead atoms. The van der Waals surface area contributed by atoms with Gasteiger partial charge in [0.15, 0.2) is 6.61 Å². The molecule has 0 aliphatic carbocycles. The van der Waals surface area contributed by atoms with Crippen molar-refractivity contribution in [2.45, 2.75) is 19.3 Å². The molecule has 3 aromatic carbocycles. The number of benzene rings is 3. The molecule has 0 aromatic heterocycles. The zero-order valence-electron chi connectivity index (χ0n) is 22.2. The van der Waals surface area contributed by atoms with E-state index in [0.29, 0.717) is 28.5 Å². The van der Waals surface area contributed by atoms with Crippen LogP contribution in [-0.2, 0) is 19.6 Å². The molecule has 0 atom stereocenters. The van der Waals surface area contributed by atoms with Crippen LogP contribution in [0.5, 0.6) is 17.2 Å². The number of rotatable bonds is 11. The Morgan fingerprint density at radius 3 is 2.17 bits per heavy atom. The number of amides is 2. The van der Waals surface area contributed by atoms with Crippen LogP contribution < -0.4 is 19.2 Å². The molecule has 10 nitrogen and oxygen atoms in total. The lowest BCUT2D eigenvalue weighted by Gasteiger charge is -2.26. The molecule has 0 saturated carbocycles. The fourth-order valence-electron chi connectivity index (χ4n) is 4.08. The van der Waals surface area contributed by atoms with Gasteiger partial charge in [0.05, 0.1) is 18.2 Å². The molecule has 210 valence electrons. The second kappa shape index (κ2) is 13.6. The molecule has 1 aliphatic rings. The maximum absolute atomic E-state index is 12.5. The smallest absolute Gasteiger partial charge is 0.260 e. The lowest BCUT2D eigenvalue weighted by molar-refractivity contribution is -0.134. The van der Waals surface area contributed by atoms with Gasteiger partial charge in [0, 0.05) is 13.1 Å². The number of nitrogens with one attached hydrogen (secondary N) is 1. The Balaban J connectivity index is 1.27. The third kappa shape index (κ3) is 8.57. The summed E-state index contributed by atoms with van der Waals surface area (Å²) in [5, 5.41) is 3.93. The number of hydrazone groups is 1. The van der Waals surface area contributed by atoms with Gasteiger partial charge in [0.1, 0.15) is 23.8 Å². The van der Waals surface area contributed by atoms with E-state index in [9.17, 15) is 18.0 Å². The van der Waals surface area contributed by atoms with Crippen molar-refractivity contribution in [2.75, 3.05) is 36.8 Å². The number of hydrogen-bond acceptors (Lipinski definition) is 7. The van der Waals surface area contributed by atoms with Gasteiger partial charge in [-0.05, 0) is 85.5 Å². The van der Waals surface area contributed by atoms with E-state index in [-0.39, 0.29) is 12.5 Å². The van der Waals surface area contributed by atoms with Crippen molar-refractivity contribution in [2.24, 2.45) is 5.10 Å². The Morgan fingerprint density at radius 2 is 1.52 bits per heavy atom. The van der Waals surface area contributed by atoms with Crippen molar-refractivity contribution in [3.8, 4) is 17.2 Å². The van der Waals surface area contributed by atoms with Crippen LogP contribution in [0.15, 0.2) is 84.0 Å². The van der Waals surface area contributed by atoms with Crippen molar-refractivity contribution < 1.29 is 27.5 Å². The minimum Gasteiger partial charge on any atom is -0.484 e. The van der Waals surface area contributed by atoms with Crippen molar-refractivity contribution in [1.29, 1.82) is 0 Å². The van der Waals surface area contributed by atoms with Crippen LogP contribution in [0.3, 0.4) is 0 Å². The van der Waals surface area contributed by atoms with E-state index < -0.39 is 22.5 Å². The number of hydrogen-bond donors (Lipinski definition) is 1. The highest BCUT2D eigenvalue weighted by atomic mass is 32.2. The molecule has 0 radical (unpaired) electrons. The molecule has 11 heteroatoms. The molecule has 1 aliphatic heterocycles. The molecular weight excluding hydrogens is 532 g/mol. The fraction of sp³-hybridized carbons (Fsp3) is 0.276. The first-order chi connectivity index (χ1) is 19.3. The Hall–Kier alpha value is -4.38. The number of carbonyl (C=O) groups excluding carboxylic acids is 2. The number of nitrogens with zero attached hydrogens (tertiary/aromatic N) is 3. The van der Waals surface area contributed by atoms with Crippen molar-refractivity contribution in [3.05, 3.63) is 84.4 Å². The van der Waals surface area contributed by atoms with Gasteiger partial charge in [0.25, 0.3) is 11.8 Å². The summed E-state index contributed by atoms with van der Waals surface area (Å²) in [6.45, 7) is 1.10. The minimum atomic E-state index is -3.75. The largest absolute Gasteiger partial charge is 0.484 e. The van der Waals surface area contributed by atoms with Crippen LogP contribution in [0.2, 0.25) is 0 Å². The highest BCUT2D eigenvalue weighted by Crippen LogP contribution is 2.25. The molecule has 2 amide bonds. The predicted octanol–water partition coefficient (Wildman–Crippen LogP) is 3.79. The molecule has 1 heterocycles. The Morgan fingerprint density at radius 1 is 0.900 bits per heavy atom. The summed E-state index contributed by atoms with van der Waals surface area (Å²) in [5.41, 5.74) is 3.36. The van der Waals surface area contributed by atoms with Crippen LogP contribution in [0, 0.1) is 0 Å². The van der Waals surface area contributed by atoms with Crippen LogP contribution in [0.4, 0.5) is 5.69 Å². The van der Waals surface area contributed by atoms with E-state index >= 15 is 0 Å². The number of piperidine rings is 1. The van der Waals surface area contributed by atoms with Crippen molar-refractivity contribution in [1.82, 2.24) is 10.3 Å². The second-order valence-electron chi connectivity index (χ2n) is 9.27. The molecule has 0 spiro atoms. The van der Waals surface area contributed by atoms with Gasteiger partial charge < -0.3 is 14.4 Å². The van der Waals surface area contributed by atoms with Crippen molar-refractivity contribution in [3.63, 3.8) is 0 Å². The maximum Gasteiger partial charge on any atom is 0.260 e. The lowest BCUT2D eigenvalue weighted by Crippen LogP contribution is -2.39. The Labute approximate surface area is 234 Å². The highest BCUT2D eigenvalue weighted by molar-refractivity contribution is 7.92. The van der Waals surface area contributed by atoms with E-state index in [1.54, 1.807) is 48.5 Å². The molecule has 1 N–H and O–H groups in total. The van der Waals surface area contributed by atoms with Gasteiger partial charge in [-0.1, -0.05) is 18.2 Å². The maximum atomic E-state index is 12.5. The summed E-state index contributed by atoms with van der Waals surface area (Å²) in [4.78, 5) is 26.6. The molecule has 1 fully saturated rings. The number of anilines is 1. The van der Waals surface area contributed by atoms with E-state index in [1.807, 2.05) is 35.2 Å². The summed E-state index contributed by atoms with van der Waals surface area (Å²) in [6, 6.07) is 22.5. The van der Waals surface area contributed by atoms with Crippen LogP contribution in [0.25, 0.3) is 0 Å². The summed E-state index contributed by atoms with van der Waals surface area (Å²) in [7, 11) is -3.75. The normalized spacial score (nSPS) is 13.6. The topological polar surface area (TPSA) is 118 Å². The Kier molecular flexibility index (Phi) is 9.74. The number of sulfonamides is 1. The van der Waals surface area contributed by atoms with Crippen LogP contribution in [-0.4, -0.2) is 63.8 Å². The van der Waals surface area contributed by atoms with Gasteiger partial charge in [-0.3, -0.25) is 13.9 Å². The first kappa shape index (κ1) is 28.6. The van der Waals surface area contributed by atoms with E-state index in [2.05, 4.69) is 10.5 Å². The summed E-state index contributed by atoms with van der Waals surface area (Å²) >= 11 is 0. The van der Waals surface area contributed by atoms with Gasteiger partial charge in [-0.2, -0.15) is 5.10 Å². The van der Waals surface area contributed by atoms with Gasteiger partial charge in [-0.25, -0.2) is 13.8 Å². The van der Waals surface area contributed by atoms with Gasteiger partial charge in [0.2, 0.25) is 10.0 Å². The molecule has 0 unspecified atom stereocenters. The lowest BCUT2D eigenvalue weighted by atomic mass is 10.1. The molecule has 3 aromatic rings. The second-order valence-corrected chi connectivity index (χ2v) is 11.2. The van der Waals surface area contributed by atoms with Crippen LogP contribution >= 0.6 is 0 Å². The first-order valence-electron chi connectivity index (χ1n) is 12.9. The third-order valence-corrected chi connectivity index (χ3v) is 7.29. The highest BCUT2D eigenvalue weighted by Gasteiger charge is 2.21.